The molecule has 2 saturated carbocycles. The van der Waals surface area contributed by atoms with Crippen LogP contribution in [-0.4, -0.2) is 35.2 Å². The first-order chi connectivity index (χ1) is 10.4. The summed E-state index contributed by atoms with van der Waals surface area (Å²) in [6.07, 6.45) is 8.25. The molecule has 1 heterocycles. The van der Waals surface area contributed by atoms with E-state index in [1.165, 1.54) is 6.42 Å². The minimum absolute atomic E-state index is 0.134. The molecule has 5 heteroatoms. The van der Waals surface area contributed by atoms with E-state index >= 15 is 0 Å². The topological polar surface area (TPSA) is 75.6 Å². The third-order valence-corrected chi connectivity index (χ3v) is 5.92. The number of carboxylic acid groups (broad SMARTS) is 1. The highest BCUT2D eigenvalue weighted by molar-refractivity contribution is 5.82. The molecule has 1 aliphatic heterocycles. The summed E-state index contributed by atoms with van der Waals surface area (Å²) in [4.78, 5) is 23.6. The van der Waals surface area contributed by atoms with Crippen LogP contribution in [0.5, 0.6) is 0 Å². The van der Waals surface area contributed by atoms with E-state index in [4.69, 9.17) is 9.84 Å². The van der Waals surface area contributed by atoms with Crippen molar-refractivity contribution in [2.75, 3.05) is 6.61 Å². The molecule has 0 radical (unpaired) electrons. The van der Waals surface area contributed by atoms with Crippen molar-refractivity contribution in [1.29, 1.82) is 0 Å². The lowest BCUT2D eigenvalue weighted by Gasteiger charge is -2.50. The van der Waals surface area contributed by atoms with Crippen molar-refractivity contribution in [3.63, 3.8) is 0 Å². The van der Waals surface area contributed by atoms with Gasteiger partial charge in [0.1, 0.15) is 0 Å². The van der Waals surface area contributed by atoms with Crippen LogP contribution in [0.15, 0.2) is 0 Å². The minimum Gasteiger partial charge on any atom is -0.481 e. The first-order valence-electron chi connectivity index (χ1n) is 8.60. The Morgan fingerprint density at radius 2 is 1.82 bits per heavy atom. The zero-order chi connectivity index (χ0) is 15.8. The zero-order valence-corrected chi connectivity index (χ0v) is 13.4. The molecule has 0 aromatic carbocycles. The second-order valence-corrected chi connectivity index (χ2v) is 7.76. The third-order valence-electron chi connectivity index (χ3n) is 5.92. The van der Waals surface area contributed by atoms with Crippen LogP contribution in [0.2, 0.25) is 0 Å². The summed E-state index contributed by atoms with van der Waals surface area (Å²) >= 11 is 0. The van der Waals surface area contributed by atoms with Crippen LogP contribution in [0.3, 0.4) is 0 Å². The Bertz CT molecular complexity index is 450. The largest absolute Gasteiger partial charge is 0.481 e. The molecule has 0 aromatic rings. The van der Waals surface area contributed by atoms with E-state index in [2.05, 4.69) is 12.2 Å². The van der Waals surface area contributed by atoms with Gasteiger partial charge in [-0.05, 0) is 38.5 Å². The molecule has 2 aliphatic carbocycles. The molecule has 5 nitrogen and oxygen atoms in total. The molecule has 124 valence electrons. The molecule has 1 amide bonds. The predicted molar refractivity (Wildman–Crippen MR) is 81.4 cm³/mol. The van der Waals surface area contributed by atoms with Gasteiger partial charge in [-0.1, -0.05) is 26.2 Å². The average Bonchev–Trinajstić information content (AvgIpc) is 2.45. The number of carbonyl (C=O) groups excluding carboxylic acids is 1. The van der Waals surface area contributed by atoms with Gasteiger partial charge in [0.15, 0.2) is 0 Å². The number of amides is 1. The van der Waals surface area contributed by atoms with Crippen molar-refractivity contribution in [1.82, 2.24) is 5.32 Å². The Morgan fingerprint density at radius 3 is 2.45 bits per heavy atom. The smallest absolute Gasteiger partial charge is 0.306 e. The fourth-order valence-electron chi connectivity index (χ4n) is 4.37. The summed E-state index contributed by atoms with van der Waals surface area (Å²) in [6.45, 7) is 2.70. The Kier molecular flexibility index (Phi) is 4.19. The second-order valence-electron chi connectivity index (χ2n) is 7.76. The number of rotatable bonds is 3. The van der Waals surface area contributed by atoms with Crippen molar-refractivity contribution in [3.8, 4) is 0 Å². The Morgan fingerprint density at radius 1 is 1.14 bits per heavy atom. The summed E-state index contributed by atoms with van der Waals surface area (Å²) in [5, 5.41) is 12.3. The lowest BCUT2D eigenvalue weighted by molar-refractivity contribution is -0.182. The molecule has 2 N–H and O–H groups in total. The minimum atomic E-state index is -0.727. The highest BCUT2D eigenvalue weighted by Crippen LogP contribution is 2.46. The van der Waals surface area contributed by atoms with Gasteiger partial charge in [0.05, 0.1) is 11.5 Å². The van der Waals surface area contributed by atoms with Crippen molar-refractivity contribution < 1.29 is 19.4 Å². The average molecular weight is 309 g/mol. The molecule has 22 heavy (non-hydrogen) atoms. The van der Waals surface area contributed by atoms with Crippen LogP contribution >= 0.6 is 0 Å². The predicted octanol–water partition coefficient (Wildman–Crippen LogP) is 2.49. The van der Waals surface area contributed by atoms with Crippen LogP contribution in [0.4, 0.5) is 0 Å². The molecule has 3 aliphatic rings. The summed E-state index contributed by atoms with van der Waals surface area (Å²) < 4.78 is 5.85. The quantitative estimate of drug-likeness (QED) is 0.840. The number of ether oxygens (including phenoxy) is 1. The van der Waals surface area contributed by atoms with Gasteiger partial charge in [-0.15, -0.1) is 0 Å². The molecule has 0 bridgehead atoms. The van der Waals surface area contributed by atoms with Gasteiger partial charge in [-0.25, -0.2) is 0 Å². The first-order valence-corrected chi connectivity index (χ1v) is 8.60. The number of nitrogens with one attached hydrogen (secondary N) is 1. The van der Waals surface area contributed by atoms with Gasteiger partial charge in [0.25, 0.3) is 0 Å². The van der Waals surface area contributed by atoms with Crippen LogP contribution in [0, 0.1) is 11.3 Å². The lowest BCUT2D eigenvalue weighted by Crippen LogP contribution is -2.57. The summed E-state index contributed by atoms with van der Waals surface area (Å²) in [5.41, 5.74) is -0.514. The normalized spacial score (nSPS) is 37.3. The molecular weight excluding hydrogens is 282 g/mol. The fraction of sp³-hybridized carbons (Fsp3) is 0.882. The van der Waals surface area contributed by atoms with E-state index in [-0.39, 0.29) is 28.9 Å². The van der Waals surface area contributed by atoms with Crippen molar-refractivity contribution in [2.24, 2.45) is 11.3 Å². The van der Waals surface area contributed by atoms with E-state index in [0.29, 0.717) is 19.4 Å². The molecule has 3 rings (SSSR count). The van der Waals surface area contributed by atoms with Gasteiger partial charge in [-0.2, -0.15) is 0 Å². The highest BCUT2D eigenvalue weighted by Gasteiger charge is 2.51. The van der Waals surface area contributed by atoms with Crippen LogP contribution in [0.25, 0.3) is 0 Å². The standard InChI is InChI=1S/C17H27NO4/c1-16(6-3-2-4-7-16)15(21)18-13-5-8-22-17(11-13)9-12(10-17)14(19)20/h12-13H,2-11H2,1H3,(H,18,21)(H,19,20). The lowest BCUT2D eigenvalue weighted by atomic mass is 9.66. The Labute approximate surface area is 131 Å². The van der Waals surface area contributed by atoms with E-state index < -0.39 is 5.97 Å². The molecule has 1 spiro atoms. The third kappa shape index (κ3) is 3.00. The molecule has 1 atom stereocenters. The van der Waals surface area contributed by atoms with Crippen molar-refractivity contribution >= 4 is 11.9 Å². The SMILES string of the molecule is CC1(C(=O)NC2CCOC3(C2)CC(C(=O)O)C3)CCCCC1. The van der Waals surface area contributed by atoms with Gasteiger partial charge in [0.2, 0.25) is 5.91 Å². The zero-order valence-electron chi connectivity index (χ0n) is 13.4. The fourth-order valence-corrected chi connectivity index (χ4v) is 4.37. The first kappa shape index (κ1) is 15.8. The number of carbonyl (C=O) groups is 2. The second kappa shape index (κ2) is 5.84. The number of aliphatic carboxylic acids is 1. The summed E-state index contributed by atoms with van der Waals surface area (Å²) in [6, 6.07) is 0.134. The maximum absolute atomic E-state index is 12.6. The maximum Gasteiger partial charge on any atom is 0.306 e. The van der Waals surface area contributed by atoms with Crippen LogP contribution < -0.4 is 5.32 Å². The molecular formula is C17H27NO4. The van der Waals surface area contributed by atoms with E-state index in [1.807, 2.05) is 0 Å². The van der Waals surface area contributed by atoms with E-state index in [9.17, 15) is 9.59 Å². The molecule has 0 aromatic heterocycles. The maximum atomic E-state index is 12.6. The van der Waals surface area contributed by atoms with Crippen LogP contribution in [-0.2, 0) is 14.3 Å². The summed E-state index contributed by atoms with van der Waals surface area (Å²) in [7, 11) is 0. The highest BCUT2D eigenvalue weighted by atomic mass is 16.5. The Balaban J connectivity index is 1.55. The van der Waals surface area contributed by atoms with Gasteiger partial charge < -0.3 is 15.2 Å². The van der Waals surface area contributed by atoms with Crippen molar-refractivity contribution in [2.45, 2.75) is 76.4 Å². The summed E-state index contributed by atoms with van der Waals surface area (Å²) in [5.74, 6) is -0.816. The van der Waals surface area contributed by atoms with Gasteiger partial charge in [-0.3, -0.25) is 9.59 Å². The number of hydrogen-bond donors (Lipinski definition) is 2. The number of carboxylic acids is 1. The molecule has 1 unspecified atom stereocenters. The van der Waals surface area contributed by atoms with Gasteiger partial charge >= 0.3 is 5.97 Å². The van der Waals surface area contributed by atoms with Crippen molar-refractivity contribution in [3.05, 3.63) is 0 Å². The van der Waals surface area contributed by atoms with Crippen LogP contribution in [0.1, 0.15) is 64.7 Å². The van der Waals surface area contributed by atoms with E-state index in [0.717, 1.165) is 38.5 Å². The Hall–Kier alpha value is -1.10. The molecule has 1 saturated heterocycles. The number of hydrogen-bond acceptors (Lipinski definition) is 3. The van der Waals surface area contributed by atoms with Gasteiger partial charge in [0, 0.05) is 18.1 Å². The molecule has 3 fully saturated rings. The van der Waals surface area contributed by atoms with E-state index in [1.54, 1.807) is 0 Å². The monoisotopic (exact) mass is 309 g/mol.